The molecule has 0 heterocycles. The Bertz CT molecular complexity index is 162. The fraction of sp³-hybridized carbons (Fsp3) is 0.600. The van der Waals surface area contributed by atoms with Gasteiger partial charge < -0.3 is 10.8 Å². The van der Waals surface area contributed by atoms with Crippen molar-refractivity contribution < 1.29 is 14.7 Å². The first-order chi connectivity index (χ1) is 5.07. The molecule has 0 saturated carbocycles. The molecule has 0 aromatic rings. The summed E-state index contributed by atoms with van der Waals surface area (Å²) in [4.78, 5) is 22.4. The van der Waals surface area contributed by atoms with Gasteiger partial charge in [0.1, 0.15) is 6.04 Å². The Labute approximate surface area is 68.6 Å². The Balaban J connectivity index is 3.54. The lowest BCUT2D eigenvalue weighted by molar-refractivity contribution is -0.138. The van der Waals surface area contributed by atoms with Crippen molar-refractivity contribution in [2.24, 2.45) is 5.73 Å². The minimum Gasteiger partial charge on any atom is -0.480 e. The van der Waals surface area contributed by atoms with Gasteiger partial charge in [-0.1, -0.05) is 0 Å². The van der Waals surface area contributed by atoms with Crippen LogP contribution in [0.4, 0.5) is 0 Å². The number of nitrogens with two attached hydrogens (primary N) is 1. The van der Waals surface area contributed by atoms with Crippen LogP contribution in [0.15, 0.2) is 0 Å². The molecule has 0 saturated heterocycles. The van der Waals surface area contributed by atoms with E-state index in [1.165, 1.54) is 0 Å². The molecule has 4 N–H and O–H groups in total. The quantitative estimate of drug-likeness (QED) is 0.506. The second kappa shape index (κ2) is 4.92. The van der Waals surface area contributed by atoms with Crippen LogP contribution in [-0.2, 0) is 9.59 Å². The van der Waals surface area contributed by atoms with E-state index in [1.807, 2.05) is 4.84 Å². The average molecular weight is 181 g/mol. The van der Waals surface area contributed by atoms with E-state index >= 15 is 0 Å². The smallest absolute Gasteiger partial charge is 0.320 e. The van der Waals surface area contributed by atoms with Gasteiger partial charge in [-0.15, -0.1) is 0 Å². The van der Waals surface area contributed by atoms with Gasteiger partial charge in [0.05, 0.1) is 0 Å². The zero-order chi connectivity index (χ0) is 8.85. The molecule has 0 aromatic heterocycles. The third-order valence-electron chi connectivity index (χ3n) is 1.10. The molecule has 0 aliphatic rings. The molecule has 1 unspecified atom stereocenters. The number of carbonyl (C=O) groups excluding carboxylic acids is 1. The van der Waals surface area contributed by atoms with Crippen LogP contribution in [-0.4, -0.2) is 23.0 Å². The first-order valence-corrected chi connectivity index (χ1v) is 3.33. The largest absolute Gasteiger partial charge is 0.480 e. The molecule has 5 nitrogen and oxygen atoms in total. The summed E-state index contributed by atoms with van der Waals surface area (Å²) in [5.74, 6) is -1.55. The summed E-state index contributed by atoms with van der Waals surface area (Å²) in [5, 5.41) is 8.28. The molecular formula is C5H9ClN2O3. The number of nitrogens with one attached hydrogen (secondary N) is 1. The third kappa shape index (κ3) is 4.58. The Morgan fingerprint density at radius 1 is 1.64 bits per heavy atom. The molecule has 0 aliphatic carbocycles. The minimum atomic E-state index is -1.12. The normalized spacial score (nSPS) is 12.2. The van der Waals surface area contributed by atoms with Crippen molar-refractivity contribution in [3.63, 3.8) is 0 Å². The van der Waals surface area contributed by atoms with E-state index in [-0.39, 0.29) is 12.8 Å². The molecule has 1 atom stereocenters. The number of carboxylic acids is 1. The molecular weight excluding hydrogens is 172 g/mol. The second-order valence-corrected chi connectivity index (χ2v) is 2.19. The number of hydrogen-bond donors (Lipinski definition) is 3. The fourth-order valence-electron chi connectivity index (χ4n) is 0.457. The van der Waals surface area contributed by atoms with E-state index in [9.17, 15) is 9.59 Å². The van der Waals surface area contributed by atoms with E-state index in [1.54, 1.807) is 0 Å². The first kappa shape index (κ1) is 10.2. The summed E-state index contributed by atoms with van der Waals surface area (Å²) >= 11 is 4.93. The zero-order valence-corrected chi connectivity index (χ0v) is 6.47. The standard InChI is InChI=1S/C5H9ClN2O3/c6-8-4(9)2-1-3(7)5(10)11/h3H,1-2,7H2,(H,8,9)(H,10,11). The summed E-state index contributed by atoms with van der Waals surface area (Å²) in [7, 11) is 0. The molecule has 64 valence electrons. The molecule has 0 aliphatic heterocycles. The molecule has 1 amide bonds. The maximum atomic E-state index is 10.4. The van der Waals surface area contributed by atoms with Crippen molar-refractivity contribution in [3.05, 3.63) is 0 Å². The molecule has 0 radical (unpaired) electrons. The Hall–Kier alpha value is -0.810. The van der Waals surface area contributed by atoms with Crippen molar-refractivity contribution in [2.45, 2.75) is 18.9 Å². The van der Waals surface area contributed by atoms with Gasteiger partial charge >= 0.3 is 5.97 Å². The van der Waals surface area contributed by atoms with Crippen molar-refractivity contribution in [3.8, 4) is 0 Å². The molecule has 0 spiro atoms. The maximum absolute atomic E-state index is 10.4. The highest BCUT2D eigenvalue weighted by atomic mass is 35.5. The Morgan fingerprint density at radius 2 is 2.18 bits per heavy atom. The van der Waals surface area contributed by atoms with Crippen LogP contribution in [0.2, 0.25) is 0 Å². The van der Waals surface area contributed by atoms with Gasteiger partial charge in [-0.25, -0.2) is 0 Å². The highest BCUT2D eigenvalue weighted by Crippen LogP contribution is 1.94. The van der Waals surface area contributed by atoms with Crippen LogP contribution >= 0.6 is 11.8 Å². The van der Waals surface area contributed by atoms with E-state index in [0.717, 1.165) is 0 Å². The molecule has 6 heteroatoms. The zero-order valence-electron chi connectivity index (χ0n) is 5.71. The van der Waals surface area contributed by atoms with Crippen LogP contribution in [0.5, 0.6) is 0 Å². The summed E-state index contributed by atoms with van der Waals surface area (Å²) in [6, 6.07) is -0.996. The van der Waals surface area contributed by atoms with E-state index < -0.39 is 17.9 Å². The monoisotopic (exact) mass is 180 g/mol. The van der Waals surface area contributed by atoms with Crippen LogP contribution in [0.25, 0.3) is 0 Å². The Kier molecular flexibility index (Phi) is 4.56. The van der Waals surface area contributed by atoms with Gasteiger partial charge in [0.25, 0.3) is 0 Å². The highest BCUT2D eigenvalue weighted by molar-refractivity contribution is 6.21. The SMILES string of the molecule is NC(CCC(=O)NCl)C(=O)O. The molecule has 0 aromatic carbocycles. The molecule has 0 bridgehead atoms. The van der Waals surface area contributed by atoms with Crippen molar-refractivity contribution in [1.82, 2.24) is 4.84 Å². The summed E-state index contributed by atoms with van der Waals surface area (Å²) < 4.78 is 0. The van der Waals surface area contributed by atoms with Gasteiger partial charge in [-0.05, 0) is 6.42 Å². The van der Waals surface area contributed by atoms with Crippen LogP contribution < -0.4 is 10.6 Å². The lowest BCUT2D eigenvalue weighted by Gasteiger charge is -2.03. The number of amides is 1. The summed E-state index contributed by atoms with van der Waals surface area (Å²) in [6.07, 6.45) is 0.116. The number of rotatable bonds is 4. The van der Waals surface area contributed by atoms with Gasteiger partial charge in [0.2, 0.25) is 5.91 Å². The number of hydrogen-bond acceptors (Lipinski definition) is 3. The number of carboxylic acid groups (broad SMARTS) is 1. The van der Waals surface area contributed by atoms with Gasteiger partial charge in [0.15, 0.2) is 0 Å². The predicted octanol–water partition coefficient (Wildman–Crippen LogP) is -0.552. The third-order valence-corrected chi connectivity index (χ3v) is 1.32. The fourth-order valence-corrected chi connectivity index (χ4v) is 0.552. The molecule has 0 rings (SSSR count). The number of aliphatic carboxylic acids is 1. The topological polar surface area (TPSA) is 92.4 Å². The van der Waals surface area contributed by atoms with E-state index in [2.05, 4.69) is 0 Å². The minimum absolute atomic E-state index is 0.0248. The summed E-state index contributed by atoms with van der Waals surface area (Å²) in [5.41, 5.74) is 5.10. The Morgan fingerprint density at radius 3 is 2.55 bits per heavy atom. The first-order valence-electron chi connectivity index (χ1n) is 2.95. The molecule has 0 fully saturated rings. The lowest BCUT2D eigenvalue weighted by atomic mass is 10.2. The van der Waals surface area contributed by atoms with Gasteiger partial charge in [0, 0.05) is 18.2 Å². The van der Waals surface area contributed by atoms with Crippen LogP contribution in [0.1, 0.15) is 12.8 Å². The van der Waals surface area contributed by atoms with Crippen LogP contribution in [0.3, 0.4) is 0 Å². The summed E-state index contributed by atoms with van der Waals surface area (Å²) in [6.45, 7) is 0. The molecule has 11 heavy (non-hydrogen) atoms. The average Bonchev–Trinajstić information content (AvgIpc) is 1.99. The van der Waals surface area contributed by atoms with Crippen molar-refractivity contribution in [2.75, 3.05) is 0 Å². The van der Waals surface area contributed by atoms with Crippen LogP contribution in [0, 0.1) is 0 Å². The van der Waals surface area contributed by atoms with Crippen molar-refractivity contribution in [1.29, 1.82) is 0 Å². The number of halogens is 1. The van der Waals surface area contributed by atoms with Crippen molar-refractivity contribution >= 4 is 23.7 Å². The van der Waals surface area contributed by atoms with E-state index in [0.29, 0.717) is 0 Å². The number of carbonyl (C=O) groups is 2. The second-order valence-electron chi connectivity index (χ2n) is 2.00. The van der Waals surface area contributed by atoms with E-state index in [4.69, 9.17) is 22.6 Å². The maximum Gasteiger partial charge on any atom is 0.320 e. The van der Waals surface area contributed by atoms with Gasteiger partial charge in [-0.3, -0.25) is 14.4 Å². The predicted molar refractivity (Wildman–Crippen MR) is 38.8 cm³/mol. The lowest BCUT2D eigenvalue weighted by Crippen LogP contribution is -2.31. The van der Waals surface area contributed by atoms with Gasteiger partial charge in [-0.2, -0.15) is 0 Å². The highest BCUT2D eigenvalue weighted by Gasteiger charge is 2.12.